The molecule has 8 aromatic rings. The maximum absolute atomic E-state index is 6.13. The van der Waals surface area contributed by atoms with Crippen LogP contribution in [0.15, 0.2) is 156 Å². The van der Waals surface area contributed by atoms with Gasteiger partial charge in [0, 0.05) is 27.8 Å². The minimum absolute atomic E-state index is 0.626. The van der Waals surface area contributed by atoms with E-state index >= 15 is 0 Å². The molecule has 0 fully saturated rings. The van der Waals surface area contributed by atoms with Gasteiger partial charge in [-0.2, -0.15) is 0 Å². The molecule has 0 saturated heterocycles. The number of para-hydroxylation sites is 1. The van der Waals surface area contributed by atoms with Crippen LogP contribution < -0.4 is 0 Å². The summed E-state index contributed by atoms with van der Waals surface area (Å²) >= 11 is 0. The smallest absolute Gasteiger partial charge is 0.227 e. The van der Waals surface area contributed by atoms with E-state index < -0.39 is 0 Å². The predicted octanol–water partition coefficient (Wildman–Crippen LogP) is 10.1. The third kappa shape index (κ3) is 4.75. The van der Waals surface area contributed by atoms with Crippen molar-refractivity contribution in [2.24, 2.45) is 0 Å². The summed E-state index contributed by atoms with van der Waals surface area (Å²) in [6.07, 6.45) is 0. The van der Waals surface area contributed by atoms with Gasteiger partial charge in [0.15, 0.2) is 11.4 Å². The Morgan fingerprint density at radius 3 is 1.58 bits per heavy atom. The first-order valence-corrected chi connectivity index (χ1v) is 14.3. The van der Waals surface area contributed by atoms with E-state index in [0.29, 0.717) is 11.7 Å². The van der Waals surface area contributed by atoms with Gasteiger partial charge in [-0.3, -0.25) is 0 Å². The third-order valence-electron chi connectivity index (χ3n) is 7.71. The molecule has 0 saturated carbocycles. The van der Waals surface area contributed by atoms with Crippen molar-refractivity contribution < 1.29 is 4.42 Å². The molecule has 0 unspecified atom stereocenters. The van der Waals surface area contributed by atoms with E-state index in [0.717, 1.165) is 66.6 Å². The maximum Gasteiger partial charge on any atom is 0.227 e. The fraction of sp³-hybridized carbons (Fsp3) is 0. The molecule has 0 amide bonds. The van der Waals surface area contributed by atoms with Gasteiger partial charge in [-0.05, 0) is 52.7 Å². The Kier molecular flexibility index (Phi) is 6.08. The van der Waals surface area contributed by atoms with E-state index in [1.54, 1.807) is 0 Å². The minimum atomic E-state index is 0.626. The van der Waals surface area contributed by atoms with Crippen LogP contribution in [0.2, 0.25) is 0 Å². The topological polar surface area (TPSA) is 51.8 Å². The second kappa shape index (κ2) is 10.5. The van der Waals surface area contributed by atoms with E-state index in [1.807, 2.05) is 78.9 Å². The molecule has 0 radical (unpaired) electrons. The molecule has 2 aromatic heterocycles. The molecule has 4 heteroatoms. The number of nitrogens with zero attached hydrogens (tertiary/aromatic N) is 3. The summed E-state index contributed by atoms with van der Waals surface area (Å²) < 4.78 is 6.13. The Bertz CT molecular complexity index is 2170. The van der Waals surface area contributed by atoms with Gasteiger partial charge < -0.3 is 4.42 Å². The Labute approximate surface area is 249 Å². The quantitative estimate of drug-likeness (QED) is 0.214. The highest BCUT2D eigenvalue weighted by Crippen LogP contribution is 2.34. The zero-order valence-electron chi connectivity index (χ0n) is 23.2. The summed E-state index contributed by atoms with van der Waals surface area (Å²) in [5.41, 5.74) is 9.62. The first-order valence-electron chi connectivity index (χ1n) is 14.3. The van der Waals surface area contributed by atoms with Crippen molar-refractivity contribution in [2.75, 3.05) is 0 Å². The normalized spacial score (nSPS) is 11.3. The average Bonchev–Trinajstić information content (AvgIpc) is 3.54. The fourth-order valence-electron chi connectivity index (χ4n) is 5.53. The first kappa shape index (κ1) is 24.9. The molecule has 0 bridgehead atoms. The van der Waals surface area contributed by atoms with Crippen LogP contribution in [0.4, 0.5) is 0 Å². The molecular formula is C39H25N3O. The summed E-state index contributed by atoms with van der Waals surface area (Å²) in [7, 11) is 0. The summed E-state index contributed by atoms with van der Waals surface area (Å²) in [6.45, 7) is 0. The highest BCUT2D eigenvalue weighted by atomic mass is 16.3. The minimum Gasteiger partial charge on any atom is -0.436 e. The van der Waals surface area contributed by atoms with Crippen molar-refractivity contribution in [1.82, 2.24) is 15.0 Å². The fourth-order valence-corrected chi connectivity index (χ4v) is 5.53. The molecule has 4 nitrogen and oxygen atoms in total. The highest BCUT2D eigenvalue weighted by molar-refractivity contribution is 5.96. The second-order valence-electron chi connectivity index (χ2n) is 10.5. The van der Waals surface area contributed by atoms with Crippen LogP contribution in [0.3, 0.4) is 0 Å². The van der Waals surface area contributed by atoms with Gasteiger partial charge in [0.1, 0.15) is 5.52 Å². The standard InChI is InChI=1S/C39H25N3O/c1-4-11-26(12-5-1)34-25-35(27-13-6-2-7-14-27)41-38(40-34)32-22-20-29-23-31(21-19-30(29)24-32)33-17-10-18-36-37(33)42-39(43-36)28-15-8-3-9-16-28/h1-25H. The van der Waals surface area contributed by atoms with E-state index in [9.17, 15) is 0 Å². The first-order chi connectivity index (χ1) is 21.3. The SMILES string of the molecule is c1ccc(-c2cc(-c3ccccc3)nc(-c3ccc4cc(-c5cccc6oc(-c7ccccc7)nc56)ccc4c3)n2)cc1. The molecule has 0 aliphatic carbocycles. The second-order valence-corrected chi connectivity index (χ2v) is 10.5. The Morgan fingerprint density at radius 1 is 0.395 bits per heavy atom. The number of hydrogen-bond donors (Lipinski definition) is 0. The van der Waals surface area contributed by atoms with E-state index in [-0.39, 0.29) is 0 Å². The molecule has 202 valence electrons. The molecule has 0 aliphatic heterocycles. The Hall–Kier alpha value is -5.87. The summed E-state index contributed by atoms with van der Waals surface area (Å²) in [4.78, 5) is 14.9. The van der Waals surface area contributed by atoms with Gasteiger partial charge in [-0.15, -0.1) is 0 Å². The molecule has 0 spiro atoms. The number of hydrogen-bond acceptors (Lipinski definition) is 4. The lowest BCUT2D eigenvalue weighted by molar-refractivity contribution is 0.620. The van der Waals surface area contributed by atoms with Crippen LogP contribution >= 0.6 is 0 Å². The van der Waals surface area contributed by atoms with E-state index in [2.05, 4.69) is 72.8 Å². The van der Waals surface area contributed by atoms with Crippen LogP contribution in [-0.2, 0) is 0 Å². The van der Waals surface area contributed by atoms with Crippen molar-refractivity contribution in [1.29, 1.82) is 0 Å². The van der Waals surface area contributed by atoms with Crippen LogP contribution in [0.25, 0.3) is 78.4 Å². The number of benzene rings is 6. The van der Waals surface area contributed by atoms with Crippen molar-refractivity contribution in [3.8, 4) is 56.5 Å². The number of fused-ring (bicyclic) bond motifs is 2. The molecule has 6 aromatic carbocycles. The van der Waals surface area contributed by atoms with Crippen LogP contribution in [-0.4, -0.2) is 15.0 Å². The summed E-state index contributed by atoms with van der Waals surface area (Å²) in [6, 6.07) is 51.6. The summed E-state index contributed by atoms with van der Waals surface area (Å²) in [5.74, 6) is 1.33. The average molecular weight is 552 g/mol. The monoisotopic (exact) mass is 551 g/mol. The van der Waals surface area contributed by atoms with E-state index in [4.69, 9.17) is 19.4 Å². The third-order valence-corrected chi connectivity index (χ3v) is 7.71. The van der Waals surface area contributed by atoms with Crippen molar-refractivity contribution in [3.63, 3.8) is 0 Å². The number of rotatable bonds is 5. The predicted molar refractivity (Wildman–Crippen MR) is 174 cm³/mol. The highest BCUT2D eigenvalue weighted by Gasteiger charge is 2.14. The molecule has 2 heterocycles. The lowest BCUT2D eigenvalue weighted by Crippen LogP contribution is -1.96. The van der Waals surface area contributed by atoms with Crippen LogP contribution in [0.1, 0.15) is 0 Å². The van der Waals surface area contributed by atoms with Crippen LogP contribution in [0.5, 0.6) is 0 Å². The van der Waals surface area contributed by atoms with Crippen LogP contribution in [0, 0.1) is 0 Å². The van der Waals surface area contributed by atoms with Gasteiger partial charge in [0.25, 0.3) is 0 Å². The van der Waals surface area contributed by atoms with Gasteiger partial charge >= 0.3 is 0 Å². The zero-order chi connectivity index (χ0) is 28.6. The molecule has 0 aliphatic rings. The van der Waals surface area contributed by atoms with Gasteiger partial charge in [-0.25, -0.2) is 15.0 Å². The van der Waals surface area contributed by atoms with Gasteiger partial charge in [-0.1, -0.05) is 115 Å². The van der Waals surface area contributed by atoms with Crippen molar-refractivity contribution in [3.05, 3.63) is 152 Å². The molecule has 43 heavy (non-hydrogen) atoms. The lowest BCUT2D eigenvalue weighted by atomic mass is 9.99. The summed E-state index contributed by atoms with van der Waals surface area (Å²) in [5, 5.41) is 2.25. The number of aromatic nitrogens is 3. The lowest BCUT2D eigenvalue weighted by Gasteiger charge is -2.10. The maximum atomic E-state index is 6.13. The van der Waals surface area contributed by atoms with Gasteiger partial charge in [0.2, 0.25) is 5.89 Å². The van der Waals surface area contributed by atoms with Crippen molar-refractivity contribution in [2.45, 2.75) is 0 Å². The molecular weight excluding hydrogens is 526 g/mol. The zero-order valence-corrected chi connectivity index (χ0v) is 23.2. The van der Waals surface area contributed by atoms with E-state index in [1.165, 1.54) is 0 Å². The number of oxazole rings is 1. The Morgan fingerprint density at radius 2 is 0.953 bits per heavy atom. The largest absolute Gasteiger partial charge is 0.436 e. The van der Waals surface area contributed by atoms with Crippen molar-refractivity contribution >= 4 is 21.9 Å². The molecule has 8 rings (SSSR count). The Balaban J connectivity index is 1.20. The molecule has 0 atom stereocenters. The molecule has 0 N–H and O–H groups in total. The van der Waals surface area contributed by atoms with Gasteiger partial charge in [0.05, 0.1) is 11.4 Å².